The summed E-state index contributed by atoms with van der Waals surface area (Å²) < 4.78 is 6.03. The molecule has 1 aromatic carbocycles. The maximum absolute atomic E-state index is 13.0. The highest BCUT2D eigenvalue weighted by molar-refractivity contribution is 7.99. The van der Waals surface area contributed by atoms with Crippen LogP contribution in [0.2, 0.25) is 0 Å². The third-order valence-corrected chi connectivity index (χ3v) is 8.20. The molecule has 29 heavy (non-hydrogen) atoms. The number of rotatable bonds is 4. The van der Waals surface area contributed by atoms with E-state index in [1.165, 1.54) is 12.0 Å². The van der Waals surface area contributed by atoms with E-state index in [1.54, 1.807) is 17.8 Å². The molecule has 3 unspecified atom stereocenters. The highest BCUT2D eigenvalue weighted by atomic mass is 32.2. The topological polar surface area (TPSA) is 58.6 Å². The molecule has 1 amide bonds. The Kier molecular flexibility index (Phi) is 6.77. The van der Waals surface area contributed by atoms with Crippen LogP contribution in [-0.2, 0) is 16.6 Å². The molecule has 0 bridgehead atoms. The zero-order valence-corrected chi connectivity index (χ0v) is 19.5. The summed E-state index contributed by atoms with van der Waals surface area (Å²) >= 11 is 1.79. The predicted molar refractivity (Wildman–Crippen MR) is 121 cm³/mol. The van der Waals surface area contributed by atoms with Gasteiger partial charge in [0.1, 0.15) is 11.9 Å². The molecule has 3 rings (SSSR count). The average molecular weight is 420 g/mol. The Balaban J connectivity index is 1.77. The fourth-order valence-corrected chi connectivity index (χ4v) is 6.38. The van der Waals surface area contributed by atoms with Crippen LogP contribution in [0.3, 0.4) is 0 Å². The minimum atomic E-state index is -0.296. The number of hydrogen-bond acceptors (Lipinski definition) is 4. The fraction of sp³-hybridized carbons (Fsp3) is 0.708. The second-order valence-electron chi connectivity index (χ2n) is 9.93. The van der Waals surface area contributed by atoms with Crippen molar-refractivity contribution in [3.05, 3.63) is 29.3 Å². The van der Waals surface area contributed by atoms with E-state index in [1.807, 2.05) is 12.1 Å². The number of ether oxygens (including phenoxy) is 1. The van der Waals surface area contributed by atoms with Crippen LogP contribution in [0.25, 0.3) is 0 Å². The van der Waals surface area contributed by atoms with Gasteiger partial charge in [-0.25, -0.2) is 4.79 Å². The molecule has 2 aliphatic carbocycles. The molecule has 5 atom stereocenters. The number of fused-ring (bicyclic) bond motifs is 1. The summed E-state index contributed by atoms with van der Waals surface area (Å²) in [5.74, 6) is 1.82. The summed E-state index contributed by atoms with van der Waals surface area (Å²) in [6.45, 7) is 11.0. The summed E-state index contributed by atoms with van der Waals surface area (Å²) in [6.07, 6.45) is 5.97. The maximum atomic E-state index is 13.0. The van der Waals surface area contributed by atoms with Crippen LogP contribution in [-0.4, -0.2) is 34.9 Å². The van der Waals surface area contributed by atoms with Crippen LogP contribution in [0.5, 0.6) is 5.75 Å². The largest absolute Gasteiger partial charge is 0.508 e. The average Bonchev–Trinajstić information content (AvgIpc) is 2.64. The Bertz CT molecular complexity index is 733. The molecule has 0 spiro atoms. The quantitative estimate of drug-likeness (QED) is 0.675. The van der Waals surface area contributed by atoms with Gasteiger partial charge >= 0.3 is 6.09 Å². The molecule has 4 nitrogen and oxygen atoms in total. The van der Waals surface area contributed by atoms with Gasteiger partial charge in [0.05, 0.1) is 6.04 Å². The lowest BCUT2D eigenvalue weighted by Gasteiger charge is -2.45. The summed E-state index contributed by atoms with van der Waals surface area (Å²) in [5, 5.41) is 13.5. The van der Waals surface area contributed by atoms with E-state index in [0.29, 0.717) is 17.8 Å². The van der Waals surface area contributed by atoms with E-state index < -0.39 is 0 Å². The Labute approximate surface area is 180 Å². The van der Waals surface area contributed by atoms with Crippen molar-refractivity contribution in [1.82, 2.24) is 5.32 Å². The Morgan fingerprint density at radius 1 is 1.31 bits per heavy atom. The highest BCUT2D eigenvalue weighted by Crippen LogP contribution is 2.42. The van der Waals surface area contributed by atoms with Gasteiger partial charge in [-0.2, -0.15) is 11.8 Å². The number of carbonyl (C=O) groups excluding carboxylic acids is 1. The lowest BCUT2D eigenvalue weighted by molar-refractivity contribution is 0.00369. The molecular formula is C24H37NO3S. The Morgan fingerprint density at radius 2 is 2.03 bits per heavy atom. The van der Waals surface area contributed by atoms with E-state index in [9.17, 15) is 9.90 Å². The highest BCUT2D eigenvalue weighted by Gasteiger charge is 2.44. The second kappa shape index (κ2) is 8.79. The van der Waals surface area contributed by atoms with Gasteiger partial charge in [0, 0.05) is 10.7 Å². The molecule has 1 fully saturated rings. The number of aromatic hydroxyl groups is 1. The van der Waals surface area contributed by atoms with Gasteiger partial charge in [0.2, 0.25) is 0 Å². The van der Waals surface area contributed by atoms with Gasteiger partial charge in [-0.05, 0) is 66.5 Å². The summed E-state index contributed by atoms with van der Waals surface area (Å²) in [7, 11) is 0. The molecular weight excluding hydrogens is 382 g/mol. The molecule has 162 valence electrons. The van der Waals surface area contributed by atoms with Crippen molar-refractivity contribution < 1.29 is 14.6 Å². The monoisotopic (exact) mass is 419 g/mol. The molecule has 1 saturated carbocycles. The van der Waals surface area contributed by atoms with Crippen LogP contribution >= 0.6 is 11.8 Å². The van der Waals surface area contributed by atoms with Crippen LogP contribution in [0.1, 0.15) is 65.0 Å². The summed E-state index contributed by atoms with van der Waals surface area (Å²) in [6, 6.07) is 5.56. The van der Waals surface area contributed by atoms with Crippen molar-refractivity contribution in [2.24, 2.45) is 17.8 Å². The van der Waals surface area contributed by atoms with Crippen LogP contribution in [0.15, 0.2) is 18.2 Å². The Morgan fingerprint density at radius 3 is 2.69 bits per heavy atom. The van der Waals surface area contributed by atoms with E-state index in [0.717, 1.165) is 24.8 Å². The number of carbonyl (C=O) groups is 1. The first-order chi connectivity index (χ1) is 13.6. The third kappa shape index (κ3) is 4.70. The molecule has 0 heterocycles. The van der Waals surface area contributed by atoms with Crippen molar-refractivity contribution in [2.45, 2.75) is 83.1 Å². The van der Waals surface area contributed by atoms with E-state index in [-0.39, 0.29) is 34.7 Å². The number of phenolic OH excluding ortho intramolecular Hbond substituents is 1. The van der Waals surface area contributed by atoms with Crippen molar-refractivity contribution >= 4 is 17.9 Å². The van der Waals surface area contributed by atoms with E-state index in [2.05, 4.69) is 46.2 Å². The van der Waals surface area contributed by atoms with Gasteiger partial charge in [0.15, 0.2) is 0 Å². The van der Waals surface area contributed by atoms with Gasteiger partial charge in [-0.1, -0.05) is 47.1 Å². The molecule has 1 aromatic rings. The lowest BCUT2D eigenvalue weighted by Crippen LogP contribution is -2.57. The summed E-state index contributed by atoms with van der Waals surface area (Å²) in [4.78, 5) is 13.0. The SMILES string of the molecule is CS[C@H]1Cc2ccc(O)cc2C(C)(C)[C@@H]1NC(=O)OC1CC(C)CCC1C(C)C. The van der Waals surface area contributed by atoms with Gasteiger partial charge in [0.25, 0.3) is 0 Å². The first kappa shape index (κ1) is 22.3. The van der Waals surface area contributed by atoms with Crippen LogP contribution in [0.4, 0.5) is 4.79 Å². The van der Waals surface area contributed by atoms with Gasteiger partial charge in [-0.15, -0.1) is 0 Å². The van der Waals surface area contributed by atoms with E-state index >= 15 is 0 Å². The predicted octanol–water partition coefficient (Wildman–Crippen LogP) is 5.51. The number of hydrogen-bond donors (Lipinski definition) is 2. The van der Waals surface area contributed by atoms with Crippen molar-refractivity contribution in [3.63, 3.8) is 0 Å². The van der Waals surface area contributed by atoms with Gasteiger partial charge in [-0.3, -0.25) is 0 Å². The van der Waals surface area contributed by atoms with E-state index in [4.69, 9.17) is 4.74 Å². The molecule has 5 heteroatoms. The fourth-order valence-electron chi connectivity index (χ4n) is 5.35. The number of nitrogens with one attached hydrogen (secondary N) is 1. The third-order valence-electron chi connectivity index (χ3n) is 7.15. The molecule has 2 N–H and O–H groups in total. The zero-order valence-electron chi connectivity index (χ0n) is 18.7. The molecule has 0 aromatic heterocycles. The van der Waals surface area contributed by atoms with Crippen LogP contribution < -0.4 is 5.32 Å². The Hall–Kier alpha value is -1.36. The first-order valence-corrected chi connectivity index (χ1v) is 12.2. The lowest BCUT2D eigenvalue weighted by atomic mass is 9.69. The number of alkyl carbamates (subject to hydrolysis) is 1. The number of phenols is 1. The first-order valence-electron chi connectivity index (χ1n) is 11.0. The standard InChI is InChI=1S/C24H37NO3S/c1-14(2)18-10-7-15(3)11-20(18)28-23(27)25-22-21(29-6)12-16-8-9-17(26)13-19(16)24(22,4)5/h8-9,13-15,18,20-22,26H,7,10-12H2,1-6H3,(H,25,27)/t15?,18?,20?,21-,22+/m0/s1. The summed E-state index contributed by atoms with van der Waals surface area (Å²) in [5.41, 5.74) is 2.06. The number of thioether (sulfide) groups is 1. The minimum Gasteiger partial charge on any atom is -0.508 e. The van der Waals surface area contributed by atoms with Crippen molar-refractivity contribution in [2.75, 3.05) is 6.26 Å². The molecule has 0 aliphatic heterocycles. The van der Waals surface area contributed by atoms with Crippen molar-refractivity contribution in [1.29, 1.82) is 0 Å². The molecule has 0 radical (unpaired) electrons. The van der Waals surface area contributed by atoms with Gasteiger partial charge < -0.3 is 15.2 Å². The number of amides is 1. The van der Waals surface area contributed by atoms with Crippen molar-refractivity contribution in [3.8, 4) is 5.75 Å². The second-order valence-corrected chi connectivity index (χ2v) is 11.0. The molecule has 2 aliphatic rings. The van der Waals surface area contributed by atoms with Crippen LogP contribution in [0, 0.1) is 17.8 Å². The normalized spacial score (nSPS) is 31.2. The maximum Gasteiger partial charge on any atom is 0.407 e. The smallest absolute Gasteiger partial charge is 0.407 e. The molecule has 0 saturated heterocycles. The zero-order chi connectivity index (χ0) is 21.3. The number of benzene rings is 1. The minimum absolute atomic E-state index is 0.00508.